The molecule has 1 aromatic carbocycles. The van der Waals surface area contributed by atoms with E-state index in [1.165, 1.54) is 6.33 Å². The van der Waals surface area contributed by atoms with Crippen LogP contribution in [-0.4, -0.2) is 9.97 Å². The van der Waals surface area contributed by atoms with Gasteiger partial charge in [0.05, 0.1) is 18.1 Å². The molecule has 0 radical (unpaired) electrons. The van der Waals surface area contributed by atoms with E-state index in [2.05, 4.69) is 15.3 Å². The number of aromatic nitrogens is 2. The van der Waals surface area contributed by atoms with Crippen LogP contribution in [0.4, 0.5) is 11.4 Å². The molecule has 0 atom stereocenters. The van der Waals surface area contributed by atoms with E-state index in [1.54, 1.807) is 12.4 Å². The first-order chi connectivity index (χ1) is 6.84. The predicted octanol–water partition coefficient (Wildman–Crippen LogP) is 2.87. The van der Waals surface area contributed by atoms with Gasteiger partial charge in [0.25, 0.3) is 0 Å². The van der Waals surface area contributed by atoms with Gasteiger partial charge in [-0.25, -0.2) is 9.97 Å². The number of hydrogen-bond acceptors (Lipinski definition) is 3. The van der Waals surface area contributed by atoms with Crippen LogP contribution >= 0.6 is 11.6 Å². The van der Waals surface area contributed by atoms with E-state index in [-0.39, 0.29) is 0 Å². The van der Waals surface area contributed by atoms with E-state index in [0.717, 1.165) is 11.4 Å². The summed E-state index contributed by atoms with van der Waals surface area (Å²) in [5.41, 5.74) is 1.77. The Morgan fingerprint density at radius 1 is 1.07 bits per heavy atom. The zero-order valence-corrected chi connectivity index (χ0v) is 8.07. The van der Waals surface area contributed by atoms with E-state index in [1.807, 2.05) is 24.3 Å². The third kappa shape index (κ3) is 2.20. The molecule has 0 fully saturated rings. The second kappa shape index (κ2) is 4.07. The van der Waals surface area contributed by atoms with Crippen LogP contribution in [0.1, 0.15) is 0 Å². The lowest BCUT2D eigenvalue weighted by molar-refractivity contribution is 1.17. The minimum Gasteiger partial charge on any atom is -0.353 e. The van der Waals surface area contributed by atoms with Gasteiger partial charge in [0.15, 0.2) is 0 Å². The second-order valence-electron chi connectivity index (χ2n) is 2.76. The first kappa shape index (κ1) is 8.97. The highest BCUT2D eigenvalue weighted by molar-refractivity contribution is 6.30. The number of hydrogen-bond donors (Lipinski definition) is 1. The van der Waals surface area contributed by atoms with Crippen molar-refractivity contribution >= 4 is 23.0 Å². The van der Waals surface area contributed by atoms with Crippen LogP contribution in [0.5, 0.6) is 0 Å². The lowest BCUT2D eigenvalue weighted by Gasteiger charge is -2.04. The Morgan fingerprint density at radius 2 is 1.86 bits per heavy atom. The van der Waals surface area contributed by atoms with Crippen LogP contribution in [0.25, 0.3) is 0 Å². The molecule has 4 heteroatoms. The average molecular weight is 206 g/mol. The first-order valence-corrected chi connectivity index (χ1v) is 4.50. The summed E-state index contributed by atoms with van der Waals surface area (Å²) < 4.78 is 0. The summed E-state index contributed by atoms with van der Waals surface area (Å²) in [6, 6.07) is 7.48. The highest BCUT2D eigenvalue weighted by atomic mass is 35.5. The Bertz CT molecular complexity index is 417. The maximum absolute atomic E-state index is 5.84. The van der Waals surface area contributed by atoms with Crippen LogP contribution in [0, 0.1) is 0 Å². The molecule has 0 aliphatic rings. The van der Waals surface area contributed by atoms with Crippen LogP contribution in [0.2, 0.25) is 5.02 Å². The Labute approximate surface area is 86.8 Å². The van der Waals surface area contributed by atoms with Gasteiger partial charge in [-0.2, -0.15) is 0 Å². The molecular formula is C10H8ClN3. The van der Waals surface area contributed by atoms with E-state index >= 15 is 0 Å². The molecule has 2 aromatic rings. The van der Waals surface area contributed by atoms with Crippen LogP contribution in [-0.2, 0) is 0 Å². The van der Waals surface area contributed by atoms with Crippen molar-refractivity contribution in [3.05, 3.63) is 48.0 Å². The lowest BCUT2D eigenvalue weighted by atomic mass is 10.3. The van der Waals surface area contributed by atoms with Gasteiger partial charge in [-0.15, -0.1) is 0 Å². The average Bonchev–Trinajstić information content (AvgIpc) is 2.19. The molecule has 1 heterocycles. The smallest absolute Gasteiger partial charge is 0.115 e. The zero-order chi connectivity index (χ0) is 9.80. The Balaban J connectivity index is 2.19. The number of benzene rings is 1. The minimum absolute atomic E-state index is 0.701. The van der Waals surface area contributed by atoms with Crippen molar-refractivity contribution in [1.82, 2.24) is 9.97 Å². The monoisotopic (exact) mass is 205 g/mol. The van der Waals surface area contributed by atoms with Crippen molar-refractivity contribution in [1.29, 1.82) is 0 Å². The summed E-state index contributed by atoms with van der Waals surface area (Å²) >= 11 is 5.84. The van der Waals surface area contributed by atoms with Gasteiger partial charge in [0, 0.05) is 10.7 Å². The molecule has 0 bridgehead atoms. The Morgan fingerprint density at radius 3 is 2.57 bits per heavy atom. The first-order valence-electron chi connectivity index (χ1n) is 4.12. The largest absolute Gasteiger partial charge is 0.353 e. The summed E-state index contributed by atoms with van der Waals surface area (Å²) in [5.74, 6) is 0. The van der Waals surface area contributed by atoms with Gasteiger partial charge < -0.3 is 5.32 Å². The molecule has 0 amide bonds. The zero-order valence-electron chi connectivity index (χ0n) is 7.31. The molecule has 0 saturated carbocycles. The fourth-order valence-electron chi connectivity index (χ4n) is 1.10. The van der Waals surface area contributed by atoms with Gasteiger partial charge in [-0.3, -0.25) is 0 Å². The molecule has 0 spiro atoms. The van der Waals surface area contributed by atoms with Crippen molar-refractivity contribution < 1.29 is 0 Å². The predicted molar refractivity (Wildman–Crippen MR) is 56.8 cm³/mol. The number of nitrogens with one attached hydrogen (secondary N) is 1. The molecule has 1 aromatic heterocycles. The quantitative estimate of drug-likeness (QED) is 0.819. The second-order valence-corrected chi connectivity index (χ2v) is 3.20. The summed E-state index contributed by atoms with van der Waals surface area (Å²) in [6.07, 6.45) is 4.89. The third-order valence-corrected chi connectivity index (χ3v) is 1.91. The highest BCUT2D eigenvalue weighted by Gasteiger charge is 1.94. The number of rotatable bonds is 2. The van der Waals surface area contributed by atoms with Crippen LogP contribution in [0.15, 0.2) is 43.0 Å². The van der Waals surface area contributed by atoms with E-state index in [4.69, 9.17) is 11.6 Å². The molecular weight excluding hydrogens is 198 g/mol. The standard InChI is InChI=1S/C10H8ClN3/c11-8-2-1-3-9(4-8)14-10-5-12-7-13-6-10/h1-7,14H. The van der Waals surface area contributed by atoms with Crippen LogP contribution in [0.3, 0.4) is 0 Å². The summed E-state index contributed by atoms with van der Waals surface area (Å²) in [5, 5.41) is 3.84. The number of nitrogens with zero attached hydrogens (tertiary/aromatic N) is 2. The molecule has 0 unspecified atom stereocenters. The van der Waals surface area contributed by atoms with Gasteiger partial charge in [-0.1, -0.05) is 17.7 Å². The Hall–Kier alpha value is -1.61. The number of anilines is 2. The van der Waals surface area contributed by atoms with Crippen molar-refractivity contribution in [3.63, 3.8) is 0 Å². The maximum atomic E-state index is 5.84. The van der Waals surface area contributed by atoms with E-state index < -0.39 is 0 Å². The Kier molecular flexibility index (Phi) is 2.60. The summed E-state index contributed by atoms with van der Waals surface area (Å²) in [6.45, 7) is 0. The van der Waals surface area contributed by atoms with Crippen molar-refractivity contribution in [2.24, 2.45) is 0 Å². The number of halogens is 1. The van der Waals surface area contributed by atoms with E-state index in [0.29, 0.717) is 5.02 Å². The topological polar surface area (TPSA) is 37.8 Å². The normalized spacial score (nSPS) is 9.79. The van der Waals surface area contributed by atoms with Gasteiger partial charge in [0.1, 0.15) is 6.33 Å². The van der Waals surface area contributed by atoms with E-state index in [9.17, 15) is 0 Å². The molecule has 1 N–H and O–H groups in total. The molecule has 0 aliphatic heterocycles. The summed E-state index contributed by atoms with van der Waals surface area (Å²) in [4.78, 5) is 7.79. The van der Waals surface area contributed by atoms with Crippen molar-refractivity contribution in [2.75, 3.05) is 5.32 Å². The fraction of sp³-hybridized carbons (Fsp3) is 0. The van der Waals surface area contributed by atoms with Gasteiger partial charge >= 0.3 is 0 Å². The van der Waals surface area contributed by atoms with Crippen molar-refractivity contribution in [3.8, 4) is 0 Å². The molecule has 3 nitrogen and oxygen atoms in total. The summed E-state index contributed by atoms with van der Waals surface area (Å²) in [7, 11) is 0. The lowest BCUT2D eigenvalue weighted by Crippen LogP contribution is -1.91. The SMILES string of the molecule is Clc1cccc(Nc2cncnc2)c1. The third-order valence-electron chi connectivity index (χ3n) is 1.67. The minimum atomic E-state index is 0.701. The fourth-order valence-corrected chi connectivity index (χ4v) is 1.29. The molecule has 0 aliphatic carbocycles. The van der Waals surface area contributed by atoms with Crippen molar-refractivity contribution in [2.45, 2.75) is 0 Å². The van der Waals surface area contributed by atoms with Crippen LogP contribution < -0.4 is 5.32 Å². The molecule has 2 rings (SSSR count). The maximum Gasteiger partial charge on any atom is 0.115 e. The van der Waals surface area contributed by atoms with Gasteiger partial charge in [0.2, 0.25) is 0 Å². The molecule has 14 heavy (non-hydrogen) atoms. The highest BCUT2D eigenvalue weighted by Crippen LogP contribution is 2.18. The molecule has 70 valence electrons. The molecule has 0 saturated heterocycles. The van der Waals surface area contributed by atoms with Gasteiger partial charge in [-0.05, 0) is 18.2 Å².